The molecule has 2 N–H and O–H groups in total. The van der Waals surface area contributed by atoms with Crippen LogP contribution >= 0.6 is 9.47 Å². The zero-order chi connectivity index (χ0) is 13.2. The van der Waals surface area contributed by atoms with E-state index in [1.165, 1.54) is 0 Å². The molecule has 0 amide bonds. The minimum atomic E-state index is -3.92. The van der Waals surface area contributed by atoms with Gasteiger partial charge in [0.2, 0.25) is 0 Å². The van der Waals surface area contributed by atoms with Crippen LogP contribution in [0.5, 0.6) is 0 Å². The molecular weight excluding hydrogens is 271 g/mol. The van der Waals surface area contributed by atoms with Gasteiger partial charge in [-0.2, -0.15) is 8.42 Å². The maximum Gasteiger partial charge on any atom is 0.306 e. The van der Waals surface area contributed by atoms with Crippen LogP contribution in [0.2, 0.25) is 0 Å². The van der Waals surface area contributed by atoms with Crippen LogP contribution in [-0.2, 0) is 23.7 Å². The Balaban J connectivity index is 2.94. The van der Waals surface area contributed by atoms with Gasteiger partial charge in [-0.3, -0.25) is 13.6 Å². The third-order valence-corrected chi connectivity index (χ3v) is 5.18. The maximum absolute atomic E-state index is 11.5. The van der Waals surface area contributed by atoms with Gasteiger partial charge in [0, 0.05) is 9.47 Å². The summed E-state index contributed by atoms with van der Waals surface area (Å²) in [6.07, 6.45) is -0.279. The molecule has 0 aromatic heterocycles. The molecule has 98 valence electrons. The predicted octanol–water partition coefficient (Wildman–Crippen LogP) is 0.0770. The summed E-state index contributed by atoms with van der Waals surface area (Å²) < 4.78 is 27.2. The molecule has 1 aliphatic carbocycles. The lowest BCUT2D eigenvalue weighted by atomic mass is 9.81. The van der Waals surface area contributed by atoms with Gasteiger partial charge in [-0.25, -0.2) is 0 Å². The zero-order valence-corrected chi connectivity index (χ0v) is 10.7. The van der Waals surface area contributed by atoms with Crippen LogP contribution in [0.3, 0.4) is 0 Å². The molecule has 1 rings (SSSR count). The Morgan fingerprint density at radius 3 is 1.76 bits per heavy atom. The quantitative estimate of drug-likeness (QED) is 0.701. The summed E-state index contributed by atoms with van der Waals surface area (Å²) in [5.41, 5.74) is 0. The summed E-state index contributed by atoms with van der Waals surface area (Å²) in [6.45, 7) is 0. The van der Waals surface area contributed by atoms with Gasteiger partial charge in [0.1, 0.15) is 0 Å². The molecule has 0 radical (unpaired) electrons. The van der Waals surface area contributed by atoms with Crippen LogP contribution in [0.4, 0.5) is 0 Å². The van der Waals surface area contributed by atoms with Gasteiger partial charge < -0.3 is 10.2 Å². The molecule has 17 heavy (non-hydrogen) atoms. The first-order valence-corrected chi connectivity index (χ1v) is 6.80. The van der Waals surface area contributed by atoms with E-state index in [-0.39, 0.29) is 19.3 Å². The molecule has 1 saturated carbocycles. The zero-order valence-electron chi connectivity index (χ0n) is 8.77. The van der Waals surface area contributed by atoms with Crippen molar-refractivity contribution in [3.05, 3.63) is 0 Å². The van der Waals surface area contributed by atoms with E-state index in [1.807, 2.05) is 0 Å². The van der Waals surface area contributed by atoms with Crippen molar-refractivity contribution in [2.45, 2.75) is 24.5 Å². The van der Waals surface area contributed by atoms with Gasteiger partial charge in [-0.1, -0.05) is 0 Å². The molecule has 0 aromatic rings. The largest absolute Gasteiger partial charge is 0.481 e. The summed E-state index contributed by atoms with van der Waals surface area (Å²) in [4.78, 5) is 21.7. The van der Waals surface area contributed by atoms with E-state index in [1.54, 1.807) is 9.47 Å². The van der Waals surface area contributed by atoms with Crippen LogP contribution in [-0.4, -0.2) is 35.8 Å². The lowest BCUT2D eigenvalue weighted by Crippen LogP contribution is -2.38. The average Bonchev–Trinajstić information content (AvgIpc) is 2.28. The van der Waals surface area contributed by atoms with Crippen molar-refractivity contribution in [2.24, 2.45) is 11.8 Å². The molecule has 3 atom stereocenters. The molecular formula is C8H13O7PS. The number of carbonyl (C=O) groups is 2. The van der Waals surface area contributed by atoms with Crippen LogP contribution in [0.15, 0.2) is 0 Å². The van der Waals surface area contributed by atoms with Gasteiger partial charge in [0.05, 0.1) is 17.1 Å². The van der Waals surface area contributed by atoms with Gasteiger partial charge in [-0.05, 0) is 19.3 Å². The molecule has 1 aliphatic rings. The Kier molecular flexibility index (Phi) is 4.46. The van der Waals surface area contributed by atoms with E-state index in [0.29, 0.717) is 0 Å². The minimum Gasteiger partial charge on any atom is -0.481 e. The number of aliphatic carboxylic acids is 2. The molecule has 0 saturated heterocycles. The molecule has 0 bridgehead atoms. The van der Waals surface area contributed by atoms with E-state index >= 15 is 0 Å². The number of carboxylic acids is 2. The minimum absolute atomic E-state index is 0.0481. The Morgan fingerprint density at radius 2 is 1.47 bits per heavy atom. The third-order valence-electron chi connectivity index (χ3n) is 2.90. The number of rotatable bonds is 4. The Labute approximate surface area is 101 Å². The highest BCUT2D eigenvalue weighted by molar-refractivity contribution is 7.89. The van der Waals surface area contributed by atoms with E-state index in [9.17, 15) is 18.0 Å². The lowest BCUT2D eigenvalue weighted by Gasteiger charge is -2.29. The van der Waals surface area contributed by atoms with Crippen molar-refractivity contribution >= 4 is 31.5 Å². The second kappa shape index (κ2) is 5.29. The topological polar surface area (TPSA) is 118 Å². The lowest BCUT2D eigenvalue weighted by molar-refractivity contribution is -0.147. The molecule has 0 aliphatic heterocycles. The van der Waals surface area contributed by atoms with Gasteiger partial charge in [0.25, 0.3) is 10.1 Å². The van der Waals surface area contributed by atoms with Crippen LogP contribution < -0.4 is 0 Å². The molecule has 0 heterocycles. The number of hydrogen-bond acceptors (Lipinski definition) is 5. The van der Waals surface area contributed by atoms with Gasteiger partial charge >= 0.3 is 11.9 Å². The van der Waals surface area contributed by atoms with E-state index in [4.69, 9.17) is 10.2 Å². The summed E-state index contributed by atoms with van der Waals surface area (Å²) in [6, 6.07) is 0. The molecule has 1 fully saturated rings. The van der Waals surface area contributed by atoms with E-state index < -0.39 is 39.1 Å². The van der Waals surface area contributed by atoms with Crippen molar-refractivity contribution in [2.75, 3.05) is 0 Å². The van der Waals surface area contributed by atoms with E-state index in [2.05, 4.69) is 3.97 Å². The maximum atomic E-state index is 11.5. The molecule has 0 aromatic carbocycles. The fourth-order valence-electron chi connectivity index (χ4n) is 1.98. The Hall–Kier alpha value is -0.720. The van der Waals surface area contributed by atoms with Crippen molar-refractivity contribution in [1.29, 1.82) is 0 Å². The fraction of sp³-hybridized carbons (Fsp3) is 0.750. The second-order valence-electron chi connectivity index (χ2n) is 3.99. The second-order valence-corrected chi connectivity index (χ2v) is 6.41. The SMILES string of the molecule is O=C(O)C1CC(C(=O)O)CC(S(=O)(=O)OP)C1. The van der Waals surface area contributed by atoms with Crippen molar-refractivity contribution in [3.8, 4) is 0 Å². The van der Waals surface area contributed by atoms with Gasteiger partial charge in [-0.15, -0.1) is 0 Å². The highest BCUT2D eigenvalue weighted by atomic mass is 32.2. The average molecular weight is 284 g/mol. The summed E-state index contributed by atoms with van der Waals surface area (Å²) >= 11 is 0. The first-order valence-electron chi connectivity index (χ1n) is 4.85. The summed E-state index contributed by atoms with van der Waals surface area (Å²) in [5, 5.41) is 16.6. The highest BCUT2D eigenvalue weighted by Crippen LogP contribution is 2.34. The van der Waals surface area contributed by atoms with Crippen LogP contribution in [0, 0.1) is 11.8 Å². The van der Waals surface area contributed by atoms with Gasteiger partial charge in [0.15, 0.2) is 0 Å². The standard InChI is InChI=1S/C8H13O7PS/c9-7(10)4-1-5(8(11)12)3-6(2-4)17(13,14)15-16/h4-6H,1-3,16H2,(H,9,10)(H,11,12). The monoisotopic (exact) mass is 284 g/mol. The predicted molar refractivity (Wildman–Crippen MR) is 59.6 cm³/mol. The normalized spacial score (nSPS) is 29.8. The van der Waals surface area contributed by atoms with Crippen LogP contribution in [0.25, 0.3) is 0 Å². The first-order chi connectivity index (χ1) is 7.77. The number of carboxylic acid groups (broad SMARTS) is 2. The third kappa shape index (κ3) is 3.37. The Bertz CT molecular complexity index is 396. The van der Waals surface area contributed by atoms with Crippen molar-refractivity contribution < 1.29 is 32.2 Å². The summed E-state index contributed by atoms with van der Waals surface area (Å²) in [7, 11) is -2.33. The van der Waals surface area contributed by atoms with Crippen LogP contribution in [0.1, 0.15) is 19.3 Å². The molecule has 0 spiro atoms. The fourth-order valence-corrected chi connectivity index (χ4v) is 3.55. The molecule has 3 unspecified atom stereocenters. The summed E-state index contributed by atoms with van der Waals surface area (Å²) in [5.74, 6) is -4.30. The first kappa shape index (κ1) is 14.3. The van der Waals surface area contributed by atoms with Crippen molar-refractivity contribution in [3.63, 3.8) is 0 Å². The van der Waals surface area contributed by atoms with E-state index in [0.717, 1.165) is 0 Å². The Morgan fingerprint density at radius 1 is 1.06 bits per heavy atom. The number of hydrogen-bond donors (Lipinski definition) is 2. The molecule has 9 heteroatoms. The smallest absolute Gasteiger partial charge is 0.306 e. The van der Waals surface area contributed by atoms with Crippen molar-refractivity contribution in [1.82, 2.24) is 0 Å². The highest BCUT2D eigenvalue weighted by Gasteiger charge is 2.41. The molecule has 7 nitrogen and oxygen atoms in total.